The lowest BCUT2D eigenvalue weighted by atomic mass is 10.3. The van der Waals surface area contributed by atoms with Gasteiger partial charge in [0.1, 0.15) is 12.4 Å². The molecule has 0 spiro atoms. The zero-order valence-corrected chi connectivity index (χ0v) is 10.8. The number of rotatable bonds is 4. The summed E-state index contributed by atoms with van der Waals surface area (Å²) in [7, 11) is 0. The van der Waals surface area contributed by atoms with E-state index in [1.165, 1.54) is 0 Å². The first-order chi connectivity index (χ1) is 7.74. The van der Waals surface area contributed by atoms with E-state index in [1.54, 1.807) is 0 Å². The van der Waals surface area contributed by atoms with Crippen LogP contribution < -0.4 is 10.5 Å². The van der Waals surface area contributed by atoms with Gasteiger partial charge in [0, 0.05) is 23.6 Å². The number of benzene rings is 1. The highest BCUT2D eigenvalue weighted by Gasteiger charge is 2.18. The van der Waals surface area contributed by atoms with Crippen molar-refractivity contribution in [1.29, 1.82) is 0 Å². The highest BCUT2D eigenvalue weighted by atomic mass is 79.9. The summed E-state index contributed by atoms with van der Waals surface area (Å²) < 4.78 is 6.73. The van der Waals surface area contributed by atoms with Crippen molar-refractivity contribution in [2.45, 2.75) is 12.5 Å². The Morgan fingerprint density at radius 1 is 1.38 bits per heavy atom. The zero-order chi connectivity index (χ0) is 11.4. The molecule has 0 unspecified atom stereocenters. The fraction of sp³-hybridized carbons (Fsp3) is 0.500. The minimum absolute atomic E-state index is 0.354. The molecular weight excluding hydrogens is 268 g/mol. The first-order valence-corrected chi connectivity index (χ1v) is 6.39. The van der Waals surface area contributed by atoms with Gasteiger partial charge in [0.15, 0.2) is 0 Å². The Bertz CT molecular complexity index is 328. The van der Waals surface area contributed by atoms with E-state index in [0.717, 1.165) is 42.9 Å². The maximum absolute atomic E-state index is 5.84. The molecule has 1 fully saturated rings. The minimum atomic E-state index is 0.354. The summed E-state index contributed by atoms with van der Waals surface area (Å²) in [6, 6.07) is 8.27. The molecule has 1 aliphatic rings. The van der Waals surface area contributed by atoms with Crippen LogP contribution in [0.3, 0.4) is 0 Å². The van der Waals surface area contributed by atoms with Crippen molar-refractivity contribution in [1.82, 2.24) is 4.90 Å². The van der Waals surface area contributed by atoms with Crippen molar-refractivity contribution in [3.63, 3.8) is 0 Å². The van der Waals surface area contributed by atoms with Crippen LogP contribution in [0.2, 0.25) is 0 Å². The van der Waals surface area contributed by atoms with E-state index in [9.17, 15) is 0 Å². The Morgan fingerprint density at radius 3 is 2.75 bits per heavy atom. The number of likely N-dealkylation sites (tertiary alicyclic amines) is 1. The van der Waals surface area contributed by atoms with Crippen molar-refractivity contribution in [2.75, 3.05) is 26.2 Å². The van der Waals surface area contributed by atoms with Crippen LogP contribution in [0.4, 0.5) is 0 Å². The first kappa shape index (κ1) is 11.9. The van der Waals surface area contributed by atoms with E-state index in [2.05, 4.69) is 20.8 Å². The van der Waals surface area contributed by atoms with Gasteiger partial charge in [-0.2, -0.15) is 0 Å². The molecule has 88 valence electrons. The predicted octanol–water partition coefficient (Wildman–Crippen LogP) is 1.86. The van der Waals surface area contributed by atoms with E-state index in [0.29, 0.717) is 6.04 Å². The van der Waals surface area contributed by atoms with E-state index < -0.39 is 0 Å². The van der Waals surface area contributed by atoms with Crippen LogP contribution in [0.1, 0.15) is 6.42 Å². The molecule has 1 atom stereocenters. The number of hydrogen-bond acceptors (Lipinski definition) is 3. The van der Waals surface area contributed by atoms with Gasteiger partial charge in [-0.15, -0.1) is 0 Å². The van der Waals surface area contributed by atoms with Gasteiger partial charge in [-0.3, -0.25) is 4.90 Å². The SMILES string of the molecule is N[C@H]1CCN(CCOc2ccc(Br)cc2)C1. The normalized spacial score (nSPS) is 21.2. The van der Waals surface area contributed by atoms with Gasteiger partial charge in [-0.1, -0.05) is 15.9 Å². The van der Waals surface area contributed by atoms with Crippen molar-refractivity contribution < 1.29 is 4.74 Å². The molecule has 4 heteroatoms. The highest BCUT2D eigenvalue weighted by Crippen LogP contribution is 2.16. The number of ether oxygens (including phenoxy) is 1. The molecule has 1 aromatic carbocycles. The quantitative estimate of drug-likeness (QED) is 0.917. The van der Waals surface area contributed by atoms with Gasteiger partial charge in [0.2, 0.25) is 0 Å². The predicted molar refractivity (Wildman–Crippen MR) is 68.7 cm³/mol. The summed E-state index contributed by atoms with van der Waals surface area (Å²) in [6.45, 7) is 3.80. The number of nitrogens with zero attached hydrogens (tertiary/aromatic N) is 1. The van der Waals surface area contributed by atoms with E-state index in [4.69, 9.17) is 10.5 Å². The molecule has 0 saturated carbocycles. The molecule has 1 saturated heterocycles. The van der Waals surface area contributed by atoms with Crippen molar-refractivity contribution in [2.24, 2.45) is 5.73 Å². The summed E-state index contributed by atoms with van der Waals surface area (Å²) in [4.78, 5) is 2.35. The molecule has 2 N–H and O–H groups in total. The number of hydrogen-bond donors (Lipinski definition) is 1. The fourth-order valence-corrected chi connectivity index (χ4v) is 2.15. The van der Waals surface area contributed by atoms with Crippen LogP contribution in [0, 0.1) is 0 Å². The van der Waals surface area contributed by atoms with Crippen molar-refractivity contribution in [3.05, 3.63) is 28.7 Å². The van der Waals surface area contributed by atoms with Crippen LogP contribution in [0.5, 0.6) is 5.75 Å². The standard InChI is InChI=1S/C12H17BrN2O/c13-10-1-3-12(4-2-10)16-8-7-15-6-5-11(14)9-15/h1-4,11H,5-9,14H2/t11-/m0/s1. The molecule has 3 nitrogen and oxygen atoms in total. The maximum Gasteiger partial charge on any atom is 0.119 e. The maximum atomic E-state index is 5.84. The third-order valence-electron chi connectivity index (χ3n) is 2.80. The molecular formula is C12H17BrN2O. The van der Waals surface area contributed by atoms with Crippen LogP contribution in [-0.2, 0) is 0 Å². The van der Waals surface area contributed by atoms with Gasteiger partial charge in [0.05, 0.1) is 0 Å². The average molecular weight is 285 g/mol. The van der Waals surface area contributed by atoms with E-state index >= 15 is 0 Å². The van der Waals surface area contributed by atoms with Gasteiger partial charge >= 0.3 is 0 Å². The lowest BCUT2D eigenvalue weighted by Gasteiger charge is -2.15. The lowest BCUT2D eigenvalue weighted by molar-refractivity contribution is 0.236. The lowest BCUT2D eigenvalue weighted by Crippen LogP contribution is -2.29. The Hall–Kier alpha value is -0.580. The summed E-state index contributed by atoms with van der Waals surface area (Å²) in [5.41, 5.74) is 5.84. The minimum Gasteiger partial charge on any atom is -0.492 e. The van der Waals surface area contributed by atoms with Crippen LogP contribution >= 0.6 is 15.9 Å². The Balaban J connectivity index is 1.70. The molecule has 0 radical (unpaired) electrons. The Labute approximate surface area is 105 Å². The molecule has 0 aliphatic carbocycles. The van der Waals surface area contributed by atoms with Gasteiger partial charge in [0.25, 0.3) is 0 Å². The second-order valence-corrected chi connectivity index (χ2v) is 5.07. The summed E-state index contributed by atoms with van der Waals surface area (Å²) in [5.74, 6) is 0.923. The molecule has 2 rings (SSSR count). The summed E-state index contributed by atoms with van der Waals surface area (Å²) in [5, 5.41) is 0. The van der Waals surface area contributed by atoms with Crippen LogP contribution in [-0.4, -0.2) is 37.2 Å². The molecule has 0 amide bonds. The molecule has 0 bridgehead atoms. The van der Waals surface area contributed by atoms with Crippen molar-refractivity contribution in [3.8, 4) is 5.75 Å². The molecule has 1 aliphatic heterocycles. The van der Waals surface area contributed by atoms with Crippen LogP contribution in [0.25, 0.3) is 0 Å². The second kappa shape index (κ2) is 5.66. The second-order valence-electron chi connectivity index (χ2n) is 4.15. The van der Waals surface area contributed by atoms with Crippen LogP contribution in [0.15, 0.2) is 28.7 Å². The third kappa shape index (κ3) is 3.47. The zero-order valence-electron chi connectivity index (χ0n) is 9.23. The molecule has 16 heavy (non-hydrogen) atoms. The summed E-state index contributed by atoms with van der Waals surface area (Å²) in [6.07, 6.45) is 1.11. The van der Waals surface area contributed by atoms with Gasteiger partial charge < -0.3 is 10.5 Å². The topological polar surface area (TPSA) is 38.5 Å². The summed E-state index contributed by atoms with van der Waals surface area (Å²) >= 11 is 3.40. The number of nitrogens with two attached hydrogens (primary N) is 1. The third-order valence-corrected chi connectivity index (χ3v) is 3.33. The molecule has 1 heterocycles. The molecule has 1 aromatic rings. The van der Waals surface area contributed by atoms with E-state index in [1.807, 2.05) is 24.3 Å². The van der Waals surface area contributed by atoms with E-state index in [-0.39, 0.29) is 0 Å². The number of halogens is 1. The molecule has 0 aromatic heterocycles. The fourth-order valence-electron chi connectivity index (χ4n) is 1.89. The first-order valence-electron chi connectivity index (χ1n) is 5.60. The largest absolute Gasteiger partial charge is 0.492 e. The Morgan fingerprint density at radius 2 is 2.12 bits per heavy atom. The van der Waals surface area contributed by atoms with Gasteiger partial charge in [-0.25, -0.2) is 0 Å². The Kier molecular flexibility index (Phi) is 4.21. The monoisotopic (exact) mass is 284 g/mol. The average Bonchev–Trinajstić information content (AvgIpc) is 2.67. The smallest absolute Gasteiger partial charge is 0.119 e. The van der Waals surface area contributed by atoms with Crippen molar-refractivity contribution >= 4 is 15.9 Å². The highest BCUT2D eigenvalue weighted by molar-refractivity contribution is 9.10. The van der Waals surface area contributed by atoms with Gasteiger partial charge in [-0.05, 0) is 37.2 Å².